The maximum atomic E-state index is 6.88. The standard InChI is InChI=1S/C16H31N/c1-4-14-6-5-7-15(10-14)16(17)11-12(2)8-9-13(16)3/h12-15H,4-11,17H2,1-3H3. The molecule has 0 saturated heterocycles. The zero-order chi connectivity index (χ0) is 12.5. The molecule has 100 valence electrons. The molecule has 0 spiro atoms. The zero-order valence-electron chi connectivity index (χ0n) is 12.0. The van der Waals surface area contributed by atoms with Gasteiger partial charge in [-0.2, -0.15) is 0 Å². The Balaban J connectivity index is 2.07. The summed E-state index contributed by atoms with van der Waals surface area (Å²) in [5.41, 5.74) is 7.04. The van der Waals surface area contributed by atoms with Crippen LogP contribution in [0.1, 0.15) is 72.1 Å². The molecule has 0 aliphatic heterocycles. The molecule has 0 aromatic carbocycles. The highest BCUT2D eigenvalue weighted by Gasteiger charge is 2.44. The average Bonchev–Trinajstić information content (AvgIpc) is 2.34. The Hall–Kier alpha value is -0.0400. The second-order valence-electron chi connectivity index (χ2n) is 7.04. The topological polar surface area (TPSA) is 26.0 Å². The molecule has 2 saturated carbocycles. The first kappa shape index (κ1) is 13.4. The van der Waals surface area contributed by atoms with Crippen LogP contribution in [0.15, 0.2) is 0 Å². The van der Waals surface area contributed by atoms with Gasteiger partial charge in [0.2, 0.25) is 0 Å². The van der Waals surface area contributed by atoms with Crippen LogP contribution >= 0.6 is 0 Å². The quantitative estimate of drug-likeness (QED) is 0.759. The van der Waals surface area contributed by atoms with E-state index >= 15 is 0 Å². The molecule has 0 bridgehead atoms. The Kier molecular flexibility index (Phi) is 4.18. The van der Waals surface area contributed by atoms with Crippen LogP contribution in [0.4, 0.5) is 0 Å². The van der Waals surface area contributed by atoms with E-state index in [0.717, 1.165) is 23.7 Å². The summed E-state index contributed by atoms with van der Waals surface area (Å²) in [5.74, 6) is 3.34. The van der Waals surface area contributed by atoms with Crippen molar-refractivity contribution in [2.75, 3.05) is 0 Å². The number of nitrogens with two attached hydrogens (primary N) is 1. The van der Waals surface area contributed by atoms with Gasteiger partial charge in [-0.05, 0) is 49.4 Å². The molecule has 0 heterocycles. The molecule has 0 aromatic rings. The molecule has 0 radical (unpaired) electrons. The van der Waals surface area contributed by atoms with Crippen molar-refractivity contribution < 1.29 is 0 Å². The highest BCUT2D eigenvalue weighted by Crippen LogP contribution is 2.46. The van der Waals surface area contributed by atoms with E-state index in [1.807, 2.05) is 0 Å². The lowest BCUT2D eigenvalue weighted by atomic mass is 9.59. The summed E-state index contributed by atoms with van der Waals surface area (Å²) in [7, 11) is 0. The predicted octanol–water partition coefficient (Wildman–Crippen LogP) is 4.36. The predicted molar refractivity (Wildman–Crippen MR) is 74.8 cm³/mol. The minimum atomic E-state index is 0.158. The summed E-state index contributed by atoms with van der Waals surface area (Å²) in [6.45, 7) is 7.15. The number of hydrogen-bond acceptors (Lipinski definition) is 1. The van der Waals surface area contributed by atoms with Crippen molar-refractivity contribution >= 4 is 0 Å². The van der Waals surface area contributed by atoms with Gasteiger partial charge in [0.05, 0.1) is 0 Å². The Morgan fingerprint density at radius 3 is 2.59 bits per heavy atom. The summed E-state index contributed by atoms with van der Waals surface area (Å²) in [5, 5.41) is 0. The fraction of sp³-hybridized carbons (Fsp3) is 1.00. The molecule has 2 rings (SSSR count). The first-order valence-electron chi connectivity index (χ1n) is 7.85. The normalized spacial score (nSPS) is 48.0. The first-order valence-corrected chi connectivity index (χ1v) is 7.85. The van der Waals surface area contributed by atoms with E-state index in [9.17, 15) is 0 Å². The van der Waals surface area contributed by atoms with E-state index in [2.05, 4.69) is 20.8 Å². The Labute approximate surface area is 108 Å². The highest BCUT2D eigenvalue weighted by molar-refractivity contribution is 5.00. The molecule has 2 fully saturated rings. The van der Waals surface area contributed by atoms with Crippen molar-refractivity contribution in [3.05, 3.63) is 0 Å². The van der Waals surface area contributed by atoms with E-state index in [4.69, 9.17) is 5.73 Å². The smallest absolute Gasteiger partial charge is 0.0211 e. The number of hydrogen-bond donors (Lipinski definition) is 1. The van der Waals surface area contributed by atoms with Crippen molar-refractivity contribution in [1.82, 2.24) is 0 Å². The third kappa shape index (κ3) is 2.70. The van der Waals surface area contributed by atoms with Crippen LogP contribution in [-0.4, -0.2) is 5.54 Å². The minimum Gasteiger partial charge on any atom is -0.325 e. The second-order valence-corrected chi connectivity index (χ2v) is 7.04. The summed E-state index contributed by atoms with van der Waals surface area (Å²) in [4.78, 5) is 0. The Morgan fingerprint density at radius 2 is 1.88 bits per heavy atom. The highest BCUT2D eigenvalue weighted by atomic mass is 14.8. The fourth-order valence-electron chi connectivity index (χ4n) is 4.43. The average molecular weight is 237 g/mol. The van der Waals surface area contributed by atoms with Crippen LogP contribution in [0.5, 0.6) is 0 Å². The molecular formula is C16H31N. The molecular weight excluding hydrogens is 206 g/mol. The van der Waals surface area contributed by atoms with Crippen LogP contribution < -0.4 is 5.73 Å². The van der Waals surface area contributed by atoms with Crippen molar-refractivity contribution in [2.24, 2.45) is 29.4 Å². The van der Waals surface area contributed by atoms with Crippen LogP contribution in [0.2, 0.25) is 0 Å². The van der Waals surface area contributed by atoms with Crippen LogP contribution in [0.25, 0.3) is 0 Å². The minimum absolute atomic E-state index is 0.158. The summed E-state index contributed by atoms with van der Waals surface area (Å²) >= 11 is 0. The van der Waals surface area contributed by atoms with Gasteiger partial charge in [0.15, 0.2) is 0 Å². The second kappa shape index (κ2) is 5.30. The molecule has 2 N–H and O–H groups in total. The molecule has 1 heteroatoms. The lowest BCUT2D eigenvalue weighted by Crippen LogP contribution is -2.56. The molecule has 5 unspecified atom stereocenters. The van der Waals surface area contributed by atoms with E-state index < -0.39 is 0 Å². The van der Waals surface area contributed by atoms with Gasteiger partial charge in [-0.1, -0.05) is 46.5 Å². The fourth-order valence-corrected chi connectivity index (χ4v) is 4.43. The number of rotatable bonds is 2. The van der Waals surface area contributed by atoms with Gasteiger partial charge in [-0.3, -0.25) is 0 Å². The van der Waals surface area contributed by atoms with E-state index in [0.29, 0.717) is 0 Å². The summed E-state index contributed by atoms with van der Waals surface area (Å²) in [6, 6.07) is 0. The van der Waals surface area contributed by atoms with Crippen LogP contribution in [-0.2, 0) is 0 Å². The van der Waals surface area contributed by atoms with Gasteiger partial charge in [0.25, 0.3) is 0 Å². The van der Waals surface area contributed by atoms with Gasteiger partial charge in [0, 0.05) is 5.54 Å². The molecule has 2 aliphatic rings. The van der Waals surface area contributed by atoms with Gasteiger partial charge < -0.3 is 5.73 Å². The molecule has 17 heavy (non-hydrogen) atoms. The van der Waals surface area contributed by atoms with Crippen molar-refractivity contribution in [3.8, 4) is 0 Å². The Bertz CT molecular complexity index is 250. The van der Waals surface area contributed by atoms with E-state index in [-0.39, 0.29) is 5.54 Å². The third-order valence-corrected chi connectivity index (χ3v) is 5.83. The molecule has 1 nitrogen and oxygen atoms in total. The zero-order valence-corrected chi connectivity index (χ0v) is 12.0. The first-order chi connectivity index (χ1) is 8.06. The summed E-state index contributed by atoms with van der Waals surface area (Å²) < 4.78 is 0. The van der Waals surface area contributed by atoms with Gasteiger partial charge in [0.1, 0.15) is 0 Å². The van der Waals surface area contributed by atoms with Gasteiger partial charge in [-0.15, -0.1) is 0 Å². The van der Waals surface area contributed by atoms with E-state index in [1.54, 1.807) is 0 Å². The largest absolute Gasteiger partial charge is 0.325 e. The molecule has 0 amide bonds. The maximum absolute atomic E-state index is 6.88. The van der Waals surface area contributed by atoms with Crippen molar-refractivity contribution in [3.63, 3.8) is 0 Å². The van der Waals surface area contributed by atoms with Crippen LogP contribution in [0.3, 0.4) is 0 Å². The Morgan fingerprint density at radius 1 is 1.12 bits per heavy atom. The third-order valence-electron chi connectivity index (χ3n) is 5.83. The van der Waals surface area contributed by atoms with Crippen molar-refractivity contribution in [1.29, 1.82) is 0 Å². The summed E-state index contributed by atoms with van der Waals surface area (Å²) in [6.07, 6.45) is 11.0. The van der Waals surface area contributed by atoms with Crippen LogP contribution in [0, 0.1) is 23.7 Å². The van der Waals surface area contributed by atoms with Crippen molar-refractivity contribution in [2.45, 2.75) is 77.7 Å². The monoisotopic (exact) mass is 237 g/mol. The lowest BCUT2D eigenvalue weighted by molar-refractivity contribution is 0.0595. The molecule has 2 aliphatic carbocycles. The SMILES string of the molecule is CCC1CCCC(C2(N)CC(C)CCC2C)C1. The molecule has 5 atom stereocenters. The van der Waals surface area contributed by atoms with Gasteiger partial charge in [-0.25, -0.2) is 0 Å². The van der Waals surface area contributed by atoms with E-state index in [1.165, 1.54) is 51.4 Å². The maximum Gasteiger partial charge on any atom is 0.0211 e. The molecule has 0 aromatic heterocycles. The lowest BCUT2D eigenvalue weighted by Gasteiger charge is -2.50. The van der Waals surface area contributed by atoms with Gasteiger partial charge >= 0.3 is 0 Å².